The molecule has 1 aromatic rings. The first-order valence-corrected chi connectivity index (χ1v) is 4.40. The van der Waals surface area contributed by atoms with E-state index < -0.39 is 0 Å². The van der Waals surface area contributed by atoms with Gasteiger partial charge in [-0.15, -0.1) is 0 Å². The Kier molecular flexibility index (Phi) is 3.58. The van der Waals surface area contributed by atoms with Crippen molar-refractivity contribution < 1.29 is 9.84 Å². The van der Waals surface area contributed by atoms with Gasteiger partial charge < -0.3 is 15.6 Å². The van der Waals surface area contributed by atoms with Crippen LogP contribution in [0.5, 0.6) is 5.75 Å². The standard InChI is InChI=1S/C10H15NO2/c1-2-5-13-10-4-3-8(7-12)6-9(10)11/h3-4,6,12H,2,5,7,11H2,1H3. The van der Waals surface area contributed by atoms with E-state index in [0.29, 0.717) is 18.0 Å². The molecule has 0 saturated carbocycles. The number of benzene rings is 1. The summed E-state index contributed by atoms with van der Waals surface area (Å²) in [6.07, 6.45) is 0.960. The molecule has 72 valence electrons. The highest BCUT2D eigenvalue weighted by molar-refractivity contribution is 5.54. The molecule has 0 bridgehead atoms. The van der Waals surface area contributed by atoms with Crippen LogP contribution in [0.15, 0.2) is 18.2 Å². The van der Waals surface area contributed by atoms with Gasteiger partial charge in [0.1, 0.15) is 5.75 Å². The minimum Gasteiger partial charge on any atom is -0.491 e. The predicted octanol–water partition coefficient (Wildman–Crippen LogP) is 1.55. The van der Waals surface area contributed by atoms with E-state index in [-0.39, 0.29) is 6.61 Å². The third kappa shape index (κ3) is 2.63. The highest BCUT2D eigenvalue weighted by atomic mass is 16.5. The van der Waals surface area contributed by atoms with Crippen molar-refractivity contribution in [1.82, 2.24) is 0 Å². The molecule has 13 heavy (non-hydrogen) atoms. The van der Waals surface area contributed by atoms with Crippen LogP contribution in [0.25, 0.3) is 0 Å². The second-order valence-electron chi connectivity index (χ2n) is 2.88. The number of ether oxygens (including phenoxy) is 1. The number of aliphatic hydroxyl groups excluding tert-OH is 1. The van der Waals surface area contributed by atoms with Gasteiger partial charge >= 0.3 is 0 Å². The second kappa shape index (κ2) is 4.72. The van der Waals surface area contributed by atoms with E-state index in [0.717, 1.165) is 12.0 Å². The molecule has 1 aromatic carbocycles. The first-order chi connectivity index (χ1) is 6.27. The quantitative estimate of drug-likeness (QED) is 0.693. The van der Waals surface area contributed by atoms with Crippen LogP contribution in [0.2, 0.25) is 0 Å². The number of aliphatic hydroxyl groups is 1. The zero-order valence-electron chi connectivity index (χ0n) is 7.79. The number of rotatable bonds is 4. The number of anilines is 1. The Morgan fingerprint density at radius 1 is 1.46 bits per heavy atom. The van der Waals surface area contributed by atoms with Gasteiger partial charge in [0.2, 0.25) is 0 Å². The molecule has 3 N–H and O–H groups in total. The monoisotopic (exact) mass is 181 g/mol. The van der Waals surface area contributed by atoms with E-state index in [2.05, 4.69) is 0 Å². The average molecular weight is 181 g/mol. The second-order valence-corrected chi connectivity index (χ2v) is 2.88. The Hall–Kier alpha value is -1.22. The van der Waals surface area contributed by atoms with Crippen molar-refractivity contribution in [2.45, 2.75) is 20.0 Å². The van der Waals surface area contributed by atoms with Crippen molar-refractivity contribution in [3.8, 4) is 5.75 Å². The maximum Gasteiger partial charge on any atom is 0.142 e. The number of hydrogen-bond acceptors (Lipinski definition) is 3. The van der Waals surface area contributed by atoms with Gasteiger partial charge in [-0.1, -0.05) is 13.0 Å². The van der Waals surface area contributed by atoms with Crippen molar-refractivity contribution >= 4 is 5.69 Å². The summed E-state index contributed by atoms with van der Waals surface area (Å²) in [5.74, 6) is 0.694. The zero-order valence-corrected chi connectivity index (χ0v) is 7.79. The third-order valence-corrected chi connectivity index (χ3v) is 1.72. The van der Waals surface area contributed by atoms with Crippen LogP contribution in [0.4, 0.5) is 5.69 Å². The normalized spacial score (nSPS) is 10.0. The summed E-state index contributed by atoms with van der Waals surface area (Å²) in [5.41, 5.74) is 7.09. The lowest BCUT2D eigenvalue weighted by molar-refractivity contribution is 0.281. The minimum atomic E-state index is 0.0122. The Morgan fingerprint density at radius 3 is 2.77 bits per heavy atom. The largest absolute Gasteiger partial charge is 0.491 e. The molecule has 3 nitrogen and oxygen atoms in total. The summed E-state index contributed by atoms with van der Waals surface area (Å²) in [4.78, 5) is 0. The van der Waals surface area contributed by atoms with Gasteiger partial charge in [-0.2, -0.15) is 0 Å². The smallest absolute Gasteiger partial charge is 0.142 e. The Balaban J connectivity index is 2.73. The number of nitrogen functional groups attached to an aromatic ring is 1. The predicted molar refractivity (Wildman–Crippen MR) is 52.6 cm³/mol. The Morgan fingerprint density at radius 2 is 2.23 bits per heavy atom. The Labute approximate surface area is 78.1 Å². The molecular weight excluding hydrogens is 166 g/mol. The van der Waals surface area contributed by atoms with Crippen molar-refractivity contribution in [2.75, 3.05) is 12.3 Å². The highest BCUT2D eigenvalue weighted by Gasteiger charge is 2.00. The van der Waals surface area contributed by atoms with E-state index >= 15 is 0 Å². The molecule has 0 fully saturated rings. The molecule has 0 aliphatic carbocycles. The summed E-state index contributed by atoms with van der Waals surface area (Å²) in [6.45, 7) is 2.72. The fourth-order valence-electron chi connectivity index (χ4n) is 1.04. The molecule has 0 saturated heterocycles. The summed E-state index contributed by atoms with van der Waals surface area (Å²) >= 11 is 0. The van der Waals surface area contributed by atoms with Crippen molar-refractivity contribution in [1.29, 1.82) is 0 Å². The van der Waals surface area contributed by atoms with Gasteiger partial charge in [-0.05, 0) is 24.1 Å². The van der Waals surface area contributed by atoms with E-state index in [9.17, 15) is 0 Å². The van der Waals surface area contributed by atoms with E-state index in [1.54, 1.807) is 18.2 Å². The van der Waals surface area contributed by atoms with E-state index in [1.165, 1.54) is 0 Å². The van der Waals surface area contributed by atoms with Crippen molar-refractivity contribution in [3.05, 3.63) is 23.8 Å². The first-order valence-electron chi connectivity index (χ1n) is 4.40. The van der Waals surface area contributed by atoms with E-state index in [1.807, 2.05) is 6.92 Å². The van der Waals surface area contributed by atoms with Crippen LogP contribution < -0.4 is 10.5 Å². The van der Waals surface area contributed by atoms with Gasteiger partial charge in [0, 0.05) is 0 Å². The van der Waals surface area contributed by atoms with Gasteiger partial charge in [0.05, 0.1) is 18.9 Å². The molecule has 3 heteroatoms. The minimum absolute atomic E-state index is 0.0122. The van der Waals surface area contributed by atoms with Crippen LogP contribution in [-0.2, 0) is 6.61 Å². The van der Waals surface area contributed by atoms with Crippen LogP contribution in [0.3, 0.4) is 0 Å². The maximum atomic E-state index is 8.83. The van der Waals surface area contributed by atoms with Crippen LogP contribution in [0.1, 0.15) is 18.9 Å². The summed E-state index contributed by atoms with van der Waals surface area (Å²) in [6, 6.07) is 5.32. The first kappa shape index (κ1) is 9.86. The molecule has 0 aromatic heterocycles. The zero-order chi connectivity index (χ0) is 9.68. The fraction of sp³-hybridized carbons (Fsp3) is 0.400. The van der Waals surface area contributed by atoms with Crippen molar-refractivity contribution in [2.24, 2.45) is 0 Å². The molecule has 1 rings (SSSR count). The third-order valence-electron chi connectivity index (χ3n) is 1.72. The number of nitrogens with two attached hydrogens (primary N) is 1. The number of hydrogen-bond donors (Lipinski definition) is 2. The maximum absolute atomic E-state index is 8.83. The van der Waals surface area contributed by atoms with Gasteiger partial charge in [-0.25, -0.2) is 0 Å². The molecule has 0 spiro atoms. The lowest BCUT2D eigenvalue weighted by atomic mass is 10.2. The van der Waals surface area contributed by atoms with Gasteiger partial charge in [0.15, 0.2) is 0 Å². The molecule has 0 amide bonds. The SMILES string of the molecule is CCCOc1ccc(CO)cc1N. The van der Waals surface area contributed by atoms with Crippen LogP contribution in [0, 0.1) is 0 Å². The van der Waals surface area contributed by atoms with Crippen molar-refractivity contribution in [3.63, 3.8) is 0 Å². The average Bonchev–Trinajstić information content (AvgIpc) is 2.16. The topological polar surface area (TPSA) is 55.5 Å². The molecular formula is C10H15NO2. The fourth-order valence-corrected chi connectivity index (χ4v) is 1.04. The summed E-state index contributed by atoms with van der Waals surface area (Å²) in [5, 5.41) is 8.83. The van der Waals surface area contributed by atoms with Crippen LogP contribution in [-0.4, -0.2) is 11.7 Å². The molecule has 0 radical (unpaired) electrons. The highest BCUT2D eigenvalue weighted by Crippen LogP contribution is 2.22. The van der Waals surface area contributed by atoms with Gasteiger partial charge in [0.25, 0.3) is 0 Å². The molecule has 0 atom stereocenters. The Bertz CT molecular complexity index is 274. The molecule has 0 unspecified atom stereocenters. The molecule has 0 aliphatic heterocycles. The lowest BCUT2D eigenvalue weighted by Gasteiger charge is -2.08. The summed E-state index contributed by atoms with van der Waals surface area (Å²) < 4.78 is 5.38. The van der Waals surface area contributed by atoms with Crippen LogP contribution >= 0.6 is 0 Å². The summed E-state index contributed by atoms with van der Waals surface area (Å²) in [7, 11) is 0. The van der Waals surface area contributed by atoms with E-state index in [4.69, 9.17) is 15.6 Å². The molecule has 0 aliphatic rings. The molecule has 0 heterocycles. The van der Waals surface area contributed by atoms with Gasteiger partial charge in [-0.3, -0.25) is 0 Å². The lowest BCUT2D eigenvalue weighted by Crippen LogP contribution is -1.99.